The van der Waals surface area contributed by atoms with E-state index in [1.807, 2.05) is 36.4 Å². The Kier molecular flexibility index (Phi) is 7.82. The molecule has 3 aromatic rings. The van der Waals surface area contributed by atoms with Crippen LogP contribution in [-0.4, -0.2) is 41.9 Å². The van der Waals surface area contributed by atoms with E-state index in [1.54, 1.807) is 24.3 Å². The van der Waals surface area contributed by atoms with E-state index in [-0.39, 0.29) is 5.91 Å². The summed E-state index contributed by atoms with van der Waals surface area (Å²) in [5.41, 5.74) is 3.86. The molecular formula is C26H27Cl2N3O. The van der Waals surface area contributed by atoms with Gasteiger partial charge in [0.05, 0.1) is 0 Å². The minimum Gasteiger partial charge on any atom is -0.322 e. The molecule has 0 atom stereocenters. The molecule has 4 rings (SSSR count). The lowest BCUT2D eigenvalue weighted by Gasteiger charge is -2.22. The van der Waals surface area contributed by atoms with Crippen LogP contribution < -0.4 is 5.32 Å². The van der Waals surface area contributed by atoms with Crippen LogP contribution in [0.2, 0.25) is 10.0 Å². The van der Waals surface area contributed by atoms with E-state index in [0.29, 0.717) is 10.6 Å². The van der Waals surface area contributed by atoms with Crippen molar-refractivity contribution in [1.82, 2.24) is 9.80 Å². The lowest BCUT2D eigenvalue weighted by atomic mass is 10.1. The Bertz CT molecular complexity index is 1040. The normalized spacial score (nSPS) is 15.3. The Balaban J connectivity index is 1.28. The molecule has 166 valence electrons. The third-order valence-electron chi connectivity index (χ3n) is 5.70. The van der Waals surface area contributed by atoms with Crippen molar-refractivity contribution in [2.24, 2.45) is 0 Å². The van der Waals surface area contributed by atoms with E-state index in [2.05, 4.69) is 27.2 Å². The highest BCUT2D eigenvalue weighted by atomic mass is 35.5. The van der Waals surface area contributed by atoms with Crippen LogP contribution in [0.1, 0.15) is 27.9 Å². The molecule has 3 aromatic carbocycles. The van der Waals surface area contributed by atoms with E-state index < -0.39 is 0 Å². The average molecular weight is 468 g/mol. The van der Waals surface area contributed by atoms with Gasteiger partial charge in [-0.05, 0) is 79.2 Å². The standard InChI is InChI=1S/C26H27Cl2N3O/c27-23-9-11-25(12-10-23)29-26(32)22-7-5-20(6-8-22)18-30-13-2-14-31(16-15-30)19-21-3-1-4-24(28)17-21/h1,3-12,17H,2,13-16,18-19H2,(H,29,32). The molecule has 6 heteroatoms. The van der Waals surface area contributed by atoms with Crippen molar-refractivity contribution in [3.05, 3.63) is 99.5 Å². The topological polar surface area (TPSA) is 35.6 Å². The Hall–Kier alpha value is -2.37. The summed E-state index contributed by atoms with van der Waals surface area (Å²) in [7, 11) is 0. The van der Waals surface area contributed by atoms with Crippen LogP contribution in [0.15, 0.2) is 72.8 Å². The molecule has 1 aliphatic rings. The van der Waals surface area contributed by atoms with E-state index in [1.165, 1.54) is 11.1 Å². The fourth-order valence-electron chi connectivity index (χ4n) is 3.99. The van der Waals surface area contributed by atoms with Gasteiger partial charge in [-0.25, -0.2) is 0 Å². The van der Waals surface area contributed by atoms with Gasteiger partial charge in [0.1, 0.15) is 0 Å². The van der Waals surface area contributed by atoms with E-state index in [4.69, 9.17) is 23.2 Å². The van der Waals surface area contributed by atoms with Crippen molar-refractivity contribution in [3.8, 4) is 0 Å². The van der Waals surface area contributed by atoms with Gasteiger partial charge in [-0.3, -0.25) is 14.6 Å². The maximum atomic E-state index is 12.5. The summed E-state index contributed by atoms with van der Waals surface area (Å²) >= 11 is 12.0. The first kappa shape index (κ1) is 22.8. The molecule has 1 N–H and O–H groups in total. The molecule has 1 heterocycles. The van der Waals surface area contributed by atoms with Crippen molar-refractivity contribution in [2.45, 2.75) is 19.5 Å². The van der Waals surface area contributed by atoms with Crippen LogP contribution in [0.25, 0.3) is 0 Å². The zero-order chi connectivity index (χ0) is 22.3. The number of hydrogen-bond donors (Lipinski definition) is 1. The molecule has 0 aromatic heterocycles. The van der Waals surface area contributed by atoms with Gasteiger partial charge in [0.2, 0.25) is 0 Å². The summed E-state index contributed by atoms with van der Waals surface area (Å²) in [6, 6.07) is 23.1. The smallest absolute Gasteiger partial charge is 0.255 e. The molecule has 0 unspecified atom stereocenters. The zero-order valence-corrected chi connectivity index (χ0v) is 19.4. The average Bonchev–Trinajstić information content (AvgIpc) is 3.01. The molecule has 0 bridgehead atoms. The zero-order valence-electron chi connectivity index (χ0n) is 17.9. The first-order chi connectivity index (χ1) is 15.5. The number of carbonyl (C=O) groups excluding carboxylic acids is 1. The molecule has 0 spiro atoms. The minimum absolute atomic E-state index is 0.120. The molecule has 1 saturated heterocycles. The number of benzene rings is 3. The second kappa shape index (κ2) is 11.0. The van der Waals surface area contributed by atoms with E-state index >= 15 is 0 Å². The van der Waals surface area contributed by atoms with Gasteiger partial charge in [-0.2, -0.15) is 0 Å². The molecule has 0 radical (unpaired) electrons. The van der Waals surface area contributed by atoms with Crippen LogP contribution in [0.5, 0.6) is 0 Å². The van der Waals surface area contributed by atoms with Crippen molar-refractivity contribution in [1.29, 1.82) is 0 Å². The highest BCUT2D eigenvalue weighted by Crippen LogP contribution is 2.17. The molecule has 1 amide bonds. The predicted octanol–water partition coefficient (Wildman–Crippen LogP) is 5.95. The van der Waals surface area contributed by atoms with Crippen LogP contribution in [0.3, 0.4) is 0 Å². The van der Waals surface area contributed by atoms with Gasteiger partial charge < -0.3 is 5.32 Å². The number of amides is 1. The summed E-state index contributed by atoms with van der Waals surface area (Å²) in [5.74, 6) is -0.120. The SMILES string of the molecule is O=C(Nc1ccc(Cl)cc1)c1ccc(CN2CCCN(Cc3cccc(Cl)c3)CC2)cc1. The first-order valence-corrected chi connectivity index (χ1v) is 11.7. The summed E-state index contributed by atoms with van der Waals surface area (Å²) in [5, 5.41) is 4.34. The van der Waals surface area contributed by atoms with Crippen molar-refractivity contribution < 1.29 is 4.79 Å². The maximum Gasteiger partial charge on any atom is 0.255 e. The summed E-state index contributed by atoms with van der Waals surface area (Å²) < 4.78 is 0. The maximum absolute atomic E-state index is 12.5. The van der Waals surface area contributed by atoms with E-state index in [9.17, 15) is 4.79 Å². The molecule has 0 aliphatic carbocycles. The largest absolute Gasteiger partial charge is 0.322 e. The van der Waals surface area contributed by atoms with Crippen molar-refractivity contribution in [3.63, 3.8) is 0 Å². The monoisotopic (exact) mass is 467 g/mol. The summed E-state index contributed by atoms with van der Waals surface area (Å²) in [6.07, 6.45) is 1.14. The number of nitrogens with zero attached hydrogens (tertiary/aromatic N) is 2. The van der Waals surface area contributed by atoms with Crippen LogP contribution in [0, 0.1) is 0 Å². The number of nitrogens with one attached hydrogen (secondary N) is 1. The predicted molar refractivity (Wildman–Crippen MR) is 132 cm³/mol. The Labute approximate surface area is 199 Å². The fourth-order valence-corrected chi connectivity index (χ4v) is 4.33. The Morgan fingerprint density at radius 3 is 2.06 bits per heavy atom. The van der Waals surface area contributed by atoms with Crippen LogP contribution >= 0.6 is 23.2 Å². The number of rotatable bonds is 6. The van der Waals surface area contributed by atoms with Crippen LogP contribution in [-0.2, 0) is 13.1 Å². The van der Waals surface area contributed by atoms with E-state index in [0.717, 1.165) is 56.4 Å². The summed E-state index contributed by atoms with van der Waals surface area (Å²) in [4.78, 5) is 17.5. The third kappa shape index (κ3) is 6.57. The lowest BCUT2D eigenvalue weighted by molar-refractivity contribution is 0.102. The second-order valence-electron chi connectivity index (χ2n) is 8.19. The van der Waals surface area contributed by atoms with Gasteiger partial charge in [-0.15, -0.1) is 0 Å². The number of anilines is 1. The second-order valence-corrected chi connectivity index (χ2v) is 9.07. The lowest BCUT2D eigenvalue weighted by Crippen LogP contribution is -2.30. The molecular weight excluding hydrogens is 441 g/mol. The number of hydrogen-bond acceptors (Lipinski definition) is 3. The Morgan fingerprint density at radius 1 is 0.750 bits per heavy atom. The summed E-state index contributed by atoms with van der Waals surface area (Å²) in [6.45, 7) is 6.06. The van der Waals surface area contributed by atoms with Crippen molar-refractivity contribution >= 4 is 34.8 Å². The number of halogens is 2. The molecule has 32 heavy (non-hydrogen) atoms. The van der Waals surface area contributed by atoms with Gasteiger partial charge in [0, 0.05) is 47.5 Å². The van der Waals surface area contributed by atoms with Crippen LogP contribution in [0.4, 0.5) is 5.69 Å². The molecule has 1 aliphatic heterocycles. The third-order valence-corrected chi connectivity index (χ3v) is 6.19. The molecule has 0 saturated carbocycles. The first-order valence-electron chi connectivity index (χ1n) is 10.9. The Morgan fingerprint density at radius 2 is 1.41 bits per heavy atom. The number of carbonyl (C=O) groups is 1. The fraction of sp³-hybridized carbons (Fsp3) is 0.269. The highest BCUT2D eigenvalue weighted by Gasteiger charge is 2.16. The van der Waals surface area contributed by atoms with Gasteiger partial charge in [-0.1, -0.05) is 47.5 Å². The molecule has 1 fully saturated rings. The molecule has 4 nitrogen and oxygen atoms in total. The van der Waals surface area contributed by atoms with Gasteiger partial charge >= 0.3 is 0 Å². The van der Waals surface area contributed by atoms with Crippen molar-refractivity contribution in [2.75, 3.05) is 31.5 Å². The minimum atomic E-state index is -0.120. The van der Waals surface area contributed by atoms with Gasteiger partial charge in [0.25, 0.3) is 5.91 Å². The quantitative estimate of drug-likeness (QED) is 0.486. The van der Waals surface area contributed by atoms with Gasteiger partial charge in [0.15, 0.2) is 0 Å². The highest BCUT2D eigenvalue weighted by molar-refractivity contribution is 6.30.